The van der Waals surface area contributed by atoms with Crippen molar-refractivity contribution in [3.63, 3.8) is 0 Å². The molecular formula is C20H13F3N4O. The van der Waals surface area contributed by atoms with Crippen LogP contribution in [0.15, 0.2) is 47.3 Å². The van der Waals surface area contributed by atoms with Crippen molar-refractivity contribution in [2.24, 2.45) is 0 Å². The number of hydrogen-bond acceptors (Lipinski definition) is 3. The number of aromatic amines is 1. The first-order chi connectivity index (χ1) is 13.3. The molecule has 2 aromatic carbocycles. The molecule has 3 rings (SSSR count). The van der Waals surface area contributed by atoms with E-state index in [-0.39, 0.29) is 17.7 Å². The quantitative estimate of drug-likeness (QED) is 0.744. The van der Waals surface area contributed by atoms with Gasteiger partial charge in [0.15, 0.2) is 0 Å². The first-order valence-electron chi connectivity index (χ1n) is 8.15. The number of nitriles is 2. The van der Waals surface area contributed by atoms with Crippen molar-refractivity contribution in [2.75, 3.05) is 0 Å². The van der Waals surface area contributed by atoms with Gasteiger partial charge in [0.1, 0.15) is 0 Å². The van der Waals surface area contributed by atoms with Crippen molar-refractivity contribution in [1.29, 1.82) is 10.5 Å². The monoisotopic (exact) mass is 382 g/mol. The van der Waals surface area contributed by atoms with Crippen molar-refractivity contribution < 1.29 is 13.2 Å². The zero-order valence-electron chi connectivity index (χ0n) is 14.6. The fraction of sp³-hybridized carbons (Fsp3) is 0.150. The topological polar surface area (TPSA) is 85.4 Å². The Morgan fingerprint density at radius 2 is 1.75 bits per heavy atom. The van der Waals surface area contributed by atoms with E-state index in [1.807, 2.05) is 0 Å². The van der Waals surface area contributed by atoms with Crippen LogP contribution in [0.2, 0.25) is 0 Å². The van der Waals surface area contributed by atoms with E-state index in [0.717, 1.165) is 12.1 Å². The minimum absolute atomic E-state index is 0.0670. The van der Waals surface area contributed by atoms with Gasteiger partial charge in [0, 0.05) is 5.69 Å². The Morgan fingerprint density at radius 1 is 1.07 bits per heavy atom. The molecule has 0 radical (unpaired) electrons. The standard InChI is InChI=1S/C20H13F3N4O/c1-12-18(13-6-7-15(10-25)17(8-13)20(21,22)23)19(28)26-27(12)11-16-5-3-2-4-14(16)9-24/h2-8H,11H2,1H3,(H,26,28). The number of nitrogens with one attached hydrogen (secondary N) is 1. The SMILES string of the molecule is Cc1c(-c2ccc(C#N)c(C(F)(F)F)c2)c(=O)[nH]n1Cc1ccccc1C#N. The van der Waals surface area contributed by atoms with Crippen LogP contribution in [0.1, 0.15) is 27.9 Å². The van der Waals surface area contributed by atoms with E-state index in [0.29, 0.717) is 16.8 Å². The Hall–Kier alpha value is -3.78. The highest BCUT2D eigenvalue weighted by atomic mass is 19.4. The summed E-state index contributed by atoms with van der Waals surface area (Å²) in [7, 11) is 0. The second-order valence-corrected chi connectivity index (χ2v) is 6.13. The molecule has 0 atom stereocenters. The van der Waals surface area contributed by atoms with Gasteiger partial charge in [-0.1, -0.05) is 24.3 Å². The Morgan fingerprint density at radius 3 is 2.39 bits per heavy atom. The molecule has 0 fully saturated rings. The van der Waals surface area contributed by atoms with Gasteiger partial charge in [-0.3, -0.25) is 14.6 Å². The van der Waals surface area contributed by atoms with Crippen LogP contribution in [0.5, 0.6) is 0 Å². The molecule has 0 aliphatic rings. The highest BCUT2D eigenvalue weighted by Crippen LogP contribution is 2.34. The second-order valence-electron chi connectivity index (χ2n) is 6.13. The lowest BCUT2D eigenvalue weighted by atomic mass is 9.99. The summed E-state index contributed by atoms with van der Waals surface area (Å²) in [5, 5.41) is 20.7. The van der Waals surface area contributed by atoms with Crippen molar-refractivity contribution >= 4 is 0 Å². The maximum atomic E-state index is 13.2. The average Bonchev–Trinajstić information content (AvgIpc) is 2.94. The molecule has 0 aliphatic carbocycles. The maximum Gasteiger partial charge on any atom is 0.417 e. The Bertz CT molecular complexity index is 1190. The molecule has 5 nitrogen and oxygen atoms in total. The number of H-pyrrole nitrogens is 1. The molecular weight excluding hydrogens is 369 g/mol. The molecule has 0 amide bonds. The summed E-state index contributed by atoms with van der Waals surface area (Å²) in [4.78, 5) is 12.4. The van der Waals surface area contributed by atoms with Crippen LogP contribution in [0, 0.1) is 29.6 Å². The van der Waals surface area contributed by atoms with E-state index >= 15 is 0 Å². The number of aromatic nitrogens is 2. The largest absolute Gasteiger partial charge is 0.417 e. The van der Waals surface area contributed by atoms with Crippen LogP contribution in [0.4, 0.5) is 13.2 Å². The third-order valence-corrected chi connectivity index (χ3v) is 4.43. The van der Waals surface area contributed by atoms with Gasteiger partial charge in [-0.15, -0.1) is 0 Å². The summed E-state index contributed by atoms with van der Waals surface area (Å²) in [6.45, 7) is 1.79. The Kier molecular flexibility index (Phi) is 4.81. The normalized spacial score (nSPS) is 11.1. The van der Waals surface area contributed by atoms with Gasteiger partial charge in [0.25, 0.3) is 5.56 Å². The summed E-state index contributed by atoms with van der Waals surface area (Å²) < 4.78 is 41.2. The van der Waals surface area contributed by atoms with Crippen LogP contribution >= 0.6 is 0 Å². The molecule has 1 heterocycles. The third-order valence-electron chi connectivity index (χ3n) is 4.43. The fourth-order valence-electron chi connectivity index (χ4n) is 3.03. The molecule has 8 heteroatoms. The molecule has 0 spiro atoms. The first kappa shape index (κ1) is 19.0. The first-order valence-corrected chi connectivity index (χ1v) is 8.15. The molecule has 28 heavy (non-hydrogen) atoms. The van der Waals surface area contributed by atoms with Gasteiger partial charge in [0.2, 0.25) is 0 Å². The van der Waals surface area contributed by atoms with Gasteiger partial charge >= 0.3 is 6.18 Å². The van der Waals surface area contributed by atoms with Gasteiger partial charge in [-0.25, -0.2) is 0 Å². The van der Waals surface area contributed by atoms with E-state index in [2.05, 4.69) is 11.2 Å². The highest BCUT2D eigenvalue weighted by molar-refractivity contribution is 5.67. The molecule has 0 unspecified atom stereocenters. The fourth-order valence-corrected chi connectivity index (χ4v) is 3.03. The summed E-state index contributed by atoms with van der Waals surface area (Å²) >= 11 is 0. The van der Waals surface area contributed by atoms with E-state index < -0.39 is 22.9 Å². The Balaban J connectivity index is 2.10. The molecule has 0 bridgehead atoms. The maximum absolute atomic E-state index is 13.2. The lowest BCUT2D eigenvalue weighted by molar-refractivity contribution is -0.137. The summed E-state index contributed by atoms with van der Waals surface area (Å²) in [5.74, 6) is 0. The molecule has 0 saturated heterocycles. The summed E-state index contributed by atoms with van der Waals surface area (Å²) in [5.41, 5.74) is -0.457. The van der Waals surface area contributed by atoms with Crippen molar-refractivity contribution in [3.8, 4) is 23.3 Å². The molecule has 1 N–H and O–H groups in total. The van der Waals surface area contributed by atoms with Gasteiger partial charge in [0.05, 0.1) is 40.9 Å². The molecule has 1 aromatic heterocycles. The summed E-state index contributed by atoms with van der Waals surface area (Å²) in [6, 6.07) is 13.6. The number of halogens is 3. The van der Waals surface area contributed by atoms with E-state index in [4.69, 9.17) is 5.26 Å². The molecule has 3 aromatic rings. The number of rotatable bonds is 3. The van der Waals surface area contributed by atoms with Crippen LogP contribution in [-0.4, -0.2) is 9.78 Å². The lowest BCUT2D eigenvalue weighted by Crippen LogP contribution is -2.10. The smallest absolute Gasteiger partial charge is 0.284 e. The van der Waals surface area contributed by atoms with Gasteiger partial charge < -0.3 is 0 Å². The second kappa shape index (κ2) is 7.09. The van der Waals surface area contributed by atoms with Crippen LogP contribution in [0.3, 0.4) is 0 Å². The molecule has 0 saturated carbocycles. The number of alkyl halides is 3. The molecule has 140 valence electrons. The highest BCUT2D eigenvalue weighted by Gasteiger charge is 2.34. The number of benzene rings is 2. The van der Waals surface area contributed by atoms with E-state index in [9.17, 15) is 23.2 Å². The Labute approximate surface area is 157 Å². The lowest BCUT2D eigenvalue weighted by Gasteiger charge is -2.11. The summed E-state index contributed by atoms with van der Waals surface area (Å²) in [6.07, 6.45) is -4.71. The van der Waals surface area contributed by atoms with Crippen molar-refractivity contribution in [2.45, 2.75) is 19.6 Å². The minimum Gasteiger partial charge on any atom is -0.284 e. The minimum atomic E-state index is -4.71. The van der Waals surface area contributed by atoms with Crippen LogP contribution in [-0.2, 0) is 12.7 Å². The van der Waals surface area contributed by atoms with E-state index in [1.165, 1.54) is 16.8 Å². The van der Waals surface area contributed by atoms with Crippen molar-refractivity contribution in [1.82, 2.24) is 9.78 Å². The number of hydrogen-bond donors (Lipinski definition) is 1. The third kappa shape index (κ3) is 3.40. The molecule has 0 aliphatic heterocycles. The average molecular weight is 382 g/mol. The van der Waals surface area contributed by atoms with Crippen LogP contribution < -0.4 is 5.56 Å². The van der Waals surface area contributed by atoms with Gasteiger partial charge in [-0.05, 0) is 36.2 Å². The zero-order valence-corrected chi connectivity index (χ0v) is 14.6. The van der Waals surface area contributed by atoms with Crippen LogP contribution in [0.25, 0.3) is 11.1 Å². The zero-order chi connectivity index (χ0) is 20.5. The van der Waals surface area contributed by atoms with Gasteiger partial charge in [-0.2, -0.15) is 23.7 Å². The van der Waals surface area contributed by atoms with Crippen molar-refractivity contribution in [3.05, 3.63) is 80.8 Å². The number of nitrogens with zero attached hydrogens (tertiary/aromatic N) is 3. The predicted octanol–water partition coefficient (Wildman–Crippen LogP) is 3.96. The van der Waals surface area contributed by atoms with E-state index in [1.54, 1.807) is 31.2 Å². The predicted molar refractivity (Wildman–Crippen MR) is 95.2 cm³/mol.